The Hall–Kier alpha value is -5.29. The number of nitrogens with zero attached hydrogens (tertiary/aromatic N) is 4. The van der Waals surface area contributed by atoms with E-state index >= 15 is 0 Å². The quantitative estimate of drug-likeness (QED) is 0.155. The Morgan fingerprint density at radius 2 is 1.40 bits per heavy atom. The number of para-hydroxylation sites is 3. The second-order valence-corrected chi connectivity index (χ2v) is 17.1. The first-order valence-electron chi connectivity index (χ1n) is 19.0. The zero-order valence-corrected chi connectivity index (χ0v) is 35.9. The normalized spacial score (nSPS) is 14.1. The van der Waals surface area contributed by atoms with Crippen molar-refractivity contribution in [2.24, 2.45) is 0 Å². The average molecular weight is 943 g/mol. The third-order valence-electron chi connectivity index (χ3n) is 10.5. The minimum Gasteiger partial charge on any atom is -0.509 e. The zero-order chi connectivity index (χ0) is 38.6. The summed E-state index contributed by atoms with van der Waals surface area (Å²) in [6.07, 6.45) is 8.40. The van der Waals surface area contributed by atoms with Crippen LogP contribution in [0.5, 0.6) is 11.5 Å². The predicted molar refractivity (Wildman–Crippen MR) is 235 cm³/mol. The molecule has 5 nitrogen and oxygen atoms in total. The van der Waals surface area contributed by atoms with Crippen LogP contribution in [-0.2, 0) is 31.9 Å². The van der Waals surface area contributed by atoms with Crippen molar-refractivity contribution in [1.82, 2.24) is 9.55 Å². The molecule has 7 heteroatoms. The van der Waals surface area contributed by atoms with E-state index in [0.717, 1.165) is 55.9 Å². The van der Waals surface area contributed by atoms with Crippen molar-refractivity contribution in [3.05, 3.63) is 180 Å². The van der Waals surface area contributed by atoms with Gasteiger partial charge in [-0.25, -0.2) is 4.98 Å². The largest absolute Gasteiger partial charge is 0.509 e. The molecule has 0 N–H and O–H groups in total. The van der Waals surface area contributed by atoms with Gasteiger partial charge in [0.1, 0.15) is 5.82 Å². The number of ether oxygens (including phenoxy) is 1. The maximum absolute atomic E-state index is 6.59. The van der Waals surface area contributed by atoms with Crippen molar-refractivity contribution in [1.29, 1.82) is 0 Å². The minimum atomic E-state index is -0.0174. The molecule has 2 aliphatic rings. The van der Waals surface area contributed by atoms with Gasteiger partial charge in [-0.2, -0.15) is 12.1 Å². The summed E-state index contributed by atoms with van der Waals surface area (Å²) in [5.74, 6) is 2.07. The SMILES string of the molecule is CC(C)(C)c1ccnc(-n2c3[c-]c(Oc4[c-]c(N5[CH-]N(c6cc(C(C)(C)C)ccc6C6=CC=CSC=C6)c6ccccc65)ccc4)ccc3c3ccccc32)c1.[Pt]. The molecule has 4 heterocycles. The molecular weight excluding hydrogens is 900 g/mol. The van der Waals surface area contributed by atoms with Crippen LogP contribution >= 0.6 is 11.8 Å². The van der Waals surface area contributed by atoms with Crippen molar-refractivity contribution < 1.29 is 25.8 Å². The third kappa shape index (κ3) is 7.38. The summed E-state index contributed by atoms with van der Waals surface area (Å²) in [4.78, 5) is 9.34. The molecule has 0 atom stereocenters. The Kier molecular flexibility index (Phi) is 10.3. The molecule has 2 aromatic heterocycles. The van der Waals surface area contributed by atoms with Crippen LogP contribution in [0.15, 0.2) is 144 Å². The smallest absolute Gasteiger partial charge is 0.135 e. The molecule has 0 spiro atoms. The van der Waals surface area contributed by atoms with Crippen molar-refractivity contribution in [3.63, 3.8) is 0 Å². The Labute approximate surface area is 354 Å². The van der Waals surface area contributed by atoms with Gasteiger partial charge in [-0.3, -0.25) is 0 Å². The topological polar surface area (TPSA) is 33.5 Å². The summed E-state index contributed by atoms with van der Waals surface area (Å²) in [5, 5.41) is 6.49. The number of anilines is 4. The zero-order valence-electron chi connectivity index (χ0n) is 32.9. The van der Waals surface area contributed by atoms with Crippen LogP contribution < -0.4 is 14.5 Å². The first-order chi connectivity index (χ1) is 27.0. The second kappa shape index (κ2) is 15.2. The van der Waals surface area contributed by atoms with Gasteiger partial charge >= 0.3 is 0 Å². The average Bonchev–Trinajstić information content (AvgIpc) is 3.60. The molecule has 0 saturated carbocycles. The first-order valence-corrected chi connectivity index (χ1v) is 20.0. The molecule has 0 fully saturated rings. The van der Waals surface area contributed by atoms with E-state index in [4.69, 9.17) is 9.72 Å². The molecular formula is C50H43N4OPtS-3. The first kappa shape index (κ1) is 38.6. The minimum absolute atomic E-state index is 0. The number of aromatic nitrogens is 2. The maximum Gasteiger partial charge on any atom is 0.135 e. The standard InChI is InChI=1S/C50H43N4OS.Pt/c1-49(2,3)35-20-22-40(34-13-12-27-56-28-25-34)46(29-35)53-33-52(44-18-9-10-19-45(44)53)37-14-11-15-38(31-37)55-39-21-23-42-41-16-7-8-17-43(41)54(47(42)32-39)48-30-36(24-26-51-48)50(4,5)6;/h7-30,33H,1-6H3;/q-3;. The van der Waals surface area contributed by atoms with Gasteiger partial charge in [0.25, 0.3) is 0 Å². The van der Waals surface area contributed by atoms with Crippen LogP contribution in [0.1, 0.15) is 58.2 Å². The predicted octanol–water partition coefficient (Wildman–Crippen LogP) is 13.7. The van der Waals surface area contributed by atoms with Gasteiger partial charge in [-0.05, 0) is 86.2 Å². The molecule has 0 radical (unpaired) electrons. The summed E-state index contributed by atoms with van der Waals surface area (Å²) < 4.78 is 8.78. The van der Waals surface area contributed by atoms with E-state index in [1.807, 2.05) is 24.4 Å². The Morgan fingerprint density at radius 3 is 2.21 bits per heavy atom. The molecule has 7 aromatic rings. The van der Waals surface area contributed by atoms with E-state index < -0.39 is 0 Å². The molecule has 0 saturated heterocycles. The van der Waals surface area contributed by atoms with Crippen molar-refractivity contribution in [2.45, 2.75) is 52.4 Å². The van der Waals surface area contributed by atoms with Crippen LogP contribution in [0.2, 0.25) is 0 Å². The molecule has 57 heavy (non-hydrogen) atoms. The maximum atomic E-state index is 6.59. The number of pyridine rings is 1. The van der Waals surface area contributed by atoms with Crippen LogP contribution in [0.25, 0.3) is 33.2 Å². The Balaban J connectivity index is 0.00000455. The summed E-state index contributed by atoms with van der Waals surface area (Å²) in [5.41, 5.74) is 10.9. The van der Waals surface area contributed by atoms with Gasteiger partial charge in [0, 0.05) is 66.9 Å². The van der Waals surface area contributed by atoms with Gasteiger partial charge in [-0.1, -0.05) is 102 Å². The van der Waals surface area contributed by atoms with Crippen molar-refractivity contribution >= 4 is 61.9 Å². The number of allylic oxidation sites excluding steroid dienone is 4. The molecule has 9 rings (SSSR count). The van der Waals surface area contributed by atoms with Crippen LogP contribution in [-0.4, -0.2) is 9.55 Å². The van der Waals surface area contributed by atoms with E-state index in [1.54, 1.807) is 11.8 Å². The summed E-state index contributed by atoms with van der Waals surface area (Å²) in [6, 6.07) is 45.5. The van der Waals surface area contributed by atoms with Crippen LogP contribution in [0.4, 0.5) is 22.7 Å². The summed E-state index contributed by atoms with van der Waals surface area (Å²) in [7, 11) is 0. The van der Waals surface area contributed by atoms with E-state index in [9.17, 15) is 0 Å². The molecule has 0 aliphatic carbocycles. The second-order valence-electron chi connectivity index (χ2n) is 16.3. The molecule has 5 aromatic carbocycles. The number of hydrogen-bond donors (Lipinski definition) is 0. The Bertz CT molecular complexity index is 2730. The van der Waals surface area contributed by atoms with Gasteiger partial charge in [-0.15, -0.1) is 59.8 Å². The third-order valence-corrected chi connectivity index (χ3v) is 11.1. The Morgan fingerprint density at radius 1 is 0.667 bits per heavy atom. The molecule has 2 aliphatic heterocycles. The summed E-state index contributed by atoms with van der Waals surface area (Å²) in [6.45, 7) is 15.6. The fourth-order valence-electron chi connectivity index (χ4n) is 7.45. The summed E-state index contributed by atoms with van der Waals surface area (Å²) >= 11 is 1.68. The molecule has 0 unspecified atom stereocenters. The fraction of sp³-hybridized carbons (Fsp3) is 0.160. The van der Waals surface area contributed by atoms with Crippen LogP contribution in [0.3, 0.4) is 0 Å². The van der Waals surface area contributed by atoms with E-state index in [1.165, 1.54) is 16.7 Å². The fourth-order valence-corrected chi connectivity index (χ4v) is 7.94. The van der Waals surface area contributed by atoms with Crippen molar-refractivity contribution in [2.75, 3.05) is 9.80 Å². The van der Waals surface area contributed by atoms with Crippen LogP contribution in [0, 0.1) is 18.8 Å². The molecule has 0 bridgehead atoms. The van der Waals surface area contributed by atoms with Crippen molar-refractivity contribution in [3.8, 4) is 17.3 Å². The van der Waals surface area contributed by atoms with E-state index in [0.29, 0.717) is 11.5 Å². The van der Waals surface area contributed by atoms with Gasteiger partial charge in [0.2, 0.25) is 0 Å². The number of thioether (sulfide) groups is 1. The monoisotopic (exact) mass is 942 g/mol. The number of fused-ring (bicyclic) bond motifs is 4. The number of hydrogen-bond acceptors (Lipinski definition) is 5. The van der Waals surface area contributed by atoms with Gasteiger partial charge < -0.3 is 19.1 Å². The van der Waals surface area contributed by atoms with E-state index in [-0.39, 0.29) is 31.9 Å². The van der Waals surface area contributed by atoms with Gasteiger partial charge in [0.15, 0.2) is 0 Å². The number of benzene rings is 5. The molecule has 0 amide bonds. The van der Waals surface area contributed by atoms with E-state index in [2.05, 4.69) is 195 Å². The molecule has 288 valence electrons. The number of rotatable bonds is 6. The van der Waals surface area contributed by atoms with Gasteiger partial charge in [0.05, 0.1) is 0 Å².